The first kappa shape index (κ1) is 15.3. The van der Waals surface area contributed by atoms with Crippen LogP contribution in [0.3, 0.4) is 0 Å². The number of pyridine rings is 1. The number of nitrogens with zero attached hydrogens (tertiary/aromatic N) is 3. The molecular formula is C17H26N4O. The minimum Gasteiger partial charge on any atom is -0.335 e. The summed E-state index contributed by atoms with van der Waals surface area (Å²) in [5.74, 6) is 0. The van der Waals surface area contributed by atoms with Gasteiger partial charge in [-0.1, -0.05) is 0 Å². The summed E-state index contributed by atoms with van der Waals surface area (Å²) >= 11 is 0. The van der Waals surface area contributed by atoms with Crippen molar-refractivity contribution in [3.05, 3.63) is 30.1 Å². The summed E-state index contributed by atoms with van der Waals surface area (Å²) in [7, 11) is 3.59. The van der Waals surface area contributed by atoms with Gasteiger partial charge in [0, 0.05) is 39.1 Å². The van der Waals surface area contributed by atoms with E-state index in [4.69, 9.17) is 0 Å². The van der Waals surface area contributed by atoms with E-state index in [9.17, 15) is 4.79 Å². The first-order chi connectivity index (χ1) is 10.6. The highest BCUT2D eigenvalue weighted by Crippen LogP contribution is 2.49. The van der Waals surface area contributed by atoms with Gasteiger partial charge in [-0.2, -0.15) is 0 Å². The lowest BCUT2D eigenvalue weighted by molar-refractivity contribution is 0.00636. The predicted molar refractivity (Wildman–Crippen MR) is 86.4 cm³/mol. The number of piperidine rings is 1. The maximum Gasteiger partial charge on any atom is 0.317 e. The molecule has 1 saturated carbocycles. The van der Waals surface area contributed by atoms with Crippen LogP contribution < -0.4 is 5.32 Å². The SMILES string of the molecule is CN(C)C(=O)NC1CC2(CCN(Cc3ccncc3)CC2)C1. The van der Waals surface area contributed by atoms with Crippen molar-refractivity contribution in [2.75, 3.05) is 27.2 Å². The first-order valence-electron chi connectivity index (χ1n) is 8.15. The van der Waals surface area contributed by atoms with E-state index in [1.807, 2.05) is 12.4 Å². The standard InChI is InChI=1S/C17H26N4O/c1-20(2)16(22)19-15-11-17(12-15)5-9-21(10-6-17)13-14-3-7-18-8-4-14/h3-4,7-8,15H,5-6,9-13H2,1-2H3,(H,19,22). The zero-order valence-electron chi connectivity index (χ0n) is 13.6. The first-order valence-corrected chi connectivity index (χ1v) is 8.15. The van der Waals surface area contributed by atoms with Crippen LogP contribution in [0.1, 0.15) is 31.2 Å². The second kappa shape index (κ2) is 6.24. The molecule has 1 aliphatic heterocycles. The van der Waals surface area contributed by atoms with Crippen LogP contribution in [0.2, 0.25) is 0 Å². The lowest BCUT2D eigenvalue weighted by Crippen LogP contribution is -2.56. The monoisotopic (exact) mass is 302 g/mol. The minimum atomic E-state index is 0.0370. The van der Waals surface area contributed by atoms with Crippen LogP contribution in [-0.4, -0.2) is 54.0 Å². The largest absolute Gasteiger partial charge is 0.335 e. The zero-order valence-corrected chi connectivity index (χ0v) is 13.6. The molecule has 5 heteroatoms. The third-order valence-electron chi connectivity index (χ3n) is 5.16. The Labute approximate surface area is 132 Å². The van der Waals surface area contributed by atoms with E-state index in [0.29, 0.717) is 11.5 Å². The highest BCUT2D eigenvalue weighted by molar-refractivity contribution is 5.74. The van der Waals surface area contributed by atoms with Crippen LogP contribution in [0.15, 0.2) is 24.5 Å². The van der Waals surface area contributed by atoms with Crippen LogP contribution in [0.5, 0.6) is 0 Å². The Morgan fingerprint density at radius 3 is 2.55 bits per heavy atom. The number of hydrogen-bond donors (Lipinski definition) is 1. The normalized spacial score (nSPS) is 21.4. The van der Waals surface area contributed by atoms with Gasteiger partial charge in [0.1, 0.15) is 0 Å². The smallest absolute Gasteiger partial charge is 0.317 e. The molecule has 0 bridgehead atoms. The molecule has 2 heterocycles. The van der Waals surface area contributed by atoms with Gasteiger partial charge in [0.2, 0.25) is 0 Å². The van der Waals surface area contributed by atoms with Gasteiger partial charge in [0.15, 0.2) is 0 Å². The van der Waals surface area contributed by atoms with Crippen molar-refractivity contribution < 1.29 is 4.79 Å². The van der Waals surface area contributed by atoms with E-state index in [2.05, 4.69) is 27.3 Å². The summed E-state index contributed by atoms with van der Waals surface area (Å²) in [6.45, 7) is 3.35. The fourth-order valence-electron chi connectivity index (χ4n) is 3.73. The third-order valence-corrected chi connectivity index (χ3v) is 5.16. The van der Waals surface area contributed by atoms with Crippen molar-refractivity contribution in [1.82, 2.24) is 20.1 Å². The molecule has 1 spiro atoms. The van der Waals surface area contributed by atoms with E-state index >= 15 is 0 Å². The van der Waals surface area contributed by atoms with Gasteiger partial charge in [0.05, 0.1) is 0 Å². The highest BCUT2D eigenvalue weighted by Gasteiger charge is 2.46. The molecule has 1 saturated heterocycles. The Balaban J connectivity index is 1.42. The fraction of sp³-hybridized carbons (Fsp3) is 0.647. The topological polar surface area (TPSA) is 48.5 Å². The molecule has 22 heavy (non-hydrogen) atoms. The Bertz CT molecular complexity index is 501. The van der Waals surface area contributed by atoms with Crippen LogP contribution in [0.4, 0.5) is 4.79 Å². The Hall–Kier alpha value is -1.62. The van der Waals surface area contributed by atoms with Crippen LogP contribution in [-0.2, 0) is 6.54 Å². The summed E-state index contributed by atoms with van der Waals surface area (Å²) in [5.41, 5.74) is 1.83. The molecule has 1 aliphatic carbocycles. The maximum atomic E-state index is 11.7. The van der Waals surface area contributed by atoms with E-state index < -0.39 is 0 Å². The Morgan fingerprint density at radius 1 is 1.32 bits per heavy atom. The van der Waals surface area contributed by atoms with Crippen LogP contribution in [0, 0.1) is 5.41 Å². The predicted octanol–water partition coefficient (Wildman–Crippen LogP) is 2.10. The number of nitrogens with one attached hydrogen (secondary N) is 1. The highest BCUT2D eigenvalue weighted by atomic mass is 16.2. The summed E-state index contributed by atoms with van der Waals surface area (Å²) in [6.07, 6.45) is 8.54. The molecule has 120 valence electrons. The van der Waals surface area contributed by atoms with Crippen molar-refractivity contribution in [2.24, 2.45) is 5.41 Å². The summed E-state index contributed by atoms with van der Waals surface area (Å²) in [6, 6.07) is 4.61. The van der Waals surface area contributed by atoms with Crippen LogP contribution in [0.25, 0.3) is 0 Å². The quantitative estimate of drug-likeness (QED) is 0.930. The van der Waals surface area contributed by atoms with Gasteiger partial charge >= 0.3 is 6.03 Å². The summed E-state index contributed by atoms with van der Waals surface area (Å²) in [4.78, 5) is 19.9. The van der Waals surface area contributed by atoms with E-state index in [0.717, 1.165) is 32.5 Å². The molecule has 2 aliphatic rings. The van der Waals surface area contributed by atoms with E-state index in [1.165, 1.54) is 18.4 Å². The van der Waals surface area contributed by atoms with Gasteiger partial charge < -0.3 is 10.2 Å². The second-order valence-corrected chi connectivity index (χ2v) is 7.08. The third kappa shape index (κ3) is 3.40. The summed E-state index contributed by atoms with van der Waals surface area (Å²) in [5, 5.41) is 3.10. The van der Waals surface area contributed by atoms with Gasteiger partial charge in [-0.15, -0.1) is 0 Å². The molecule has 2 amide bonds. The lowest BCUT2D eigenvalue weighted by Gasteiger charge is -2.52. The average Bonchev–Trinajstić information content (AvgIpc) is 2.48. The van der Waals surface area contributed by atoms with Crippen molar-refractivity contribution in [3.8, 4) is 0 Å². The maximum absolute atomic E-state index is 11.7. The molecule has 0 radical (unpaired) electrons. The van der Waals surface area contributed by atoms with Gasteiger partial charge in [-0.3, -0.25) is 9.88 Å². The van der Waals surface area contributed by atoms with Crippen molar-refractivity contribution >= 4 is 6.03 Å². The molecule has 0 aromatic carbocycles. The molecular weight excluding hydrogens is 276 g/mol. The number of aromatic nitrogens is 1. The zero-order chi connectivity index (χ0) is 15.6. The second-order valence-electron chi connectivity index (χ2n) is 7.08. The van der Waals surface area contributed by atoms with E-state index in [1.54, 1.807) is 19.0 Å². The van der Waals surface area contributed by atoms with Crippen molar-refractivity contribution in [3.63, 3.8) is 0 Å². The molecule has 2 fully saturated rings. The minimum absolute atomic E-state index is 0.0370. The molecule has 1 N–H and O–H groups in total. The van der Waals surface area contributed by atoms with Gasteiger partial charge in [-0.05, 0) is 61.9 Å². The molecule has 1 aromatic rings. The molecule has 3 rings (SSSR count). The Kier molecular flexibility index (Phi) is 4.34. The van der Waals surface area contributed by atoms with Crippen molar-refractivity contribution in [2.45, 2.75) is 38.3 Å². The lowest BCUT2D eigenvalue weighted by atomic mass is 9.60. The number of rotatable bonds is 3. The molecule has 5 nitrogen and oxygen atoms in total. The molecule has 1 aromatic heterocycles. The molecule has 0 atom stereocenters. The molecule has 0 unspecified atom stereocenters. The number of carbonyl (C=O) groups excluding carboxylic acids is 1. The van der Waals surface area contributed by atoms with Gasteiger partial charge in [0.25, 0.3) is 0 Å². The number of amides is 2. The number of hydrogen-bond acceptors (Lipinski definition) is 3. The van der Waals surface area contributed by atoms with Crippen molar-refractivity contribution in [1.29, 1.82) is 0 Å². The number of likely N-dealkylation sites (tertiary alicyclic amines) is 1. The van der Waals surface area contributed by atoms with Crippen LogP contribution >= 0.6 is 0 Å². The number of carbonyl (C=O) groups is 1. The Morgan fingerprint density at radius 2 is 1.95 bits per heavy atom. The van der Waals surface area contributed by atoms with Gasteiger partial charge in [-0.25, -0.2) is 4.79 Å². The summed E-state index contributed by atoms with van der Waals surface area (Å²) < 4.78 is 0. The average molecular weight is 302 g/mol. The number of urea groups is 1. The van der Waals surface area contributed by atoms with E-state index in [-0.39, 0.29) is 6.03 Å². The fourth-order valence-corrected chi connectivity index (χ4v) is 3.73.